The largest absolute Gasteiger partial charge is 0.415 e. The lowest BCUT2D eigenvalue weighted by Crippen LogP contribution is -2.48. The minimum absolute atomic E-state index is 0.0886. The molecule has 2 aromatic rings. The predicted octanol–water partition coefficient (Wildman–Crippen LogP) is 4.14. The van der Waals surface area contributed by atoms with E-state index in [-0.39, 0.29) is 17.1 Å². The predicted molar refractivity (Wildman–Crippen MR) is 105 cm³/mol. The summed E-state index contributed by atoms with van der Waals surface area (Å²) in [5, 5.41) is 20.7. The Morgan fingerprint density at radius 3 is 2.39 bits per heavy atom. The highest BCUT2D eigenvalue weighted by Gasteiger charge is 2.54. The van der Waals surface area contributed by atoms with Crippen LogP contribution in [0.1, 0.15) is 50.0 Å². The van der Waals surface area contributed by atoms with E-state index in [4.69, 9.17) is 9.68 Å². The van der Waals surface area contributed by atoms with Crippen LogP contribution in [-0.2, 0) is 10.2 Å². The Morgan fingerprint density at radius 2 is 1.79 bits per heavy atom. The smallest absolute Gasteiger partial charge is 0.277 e. The van der Waals surface area contributed by atoms with Gasteiger partial charge in [0.1, 0.15) is 0 Å². The van der Waals surface area contributed by atoms with Crippen molar-refractivity contribution in [2.45, 2.75) is 49.2 Å². The molecule has 144 valence electrons. The molecule has 6 rings (SSSR count). The molecule has 28 heavy (non-hydrogen) atoms. The molecule has 4 aliphatic carbocycles. The van der Waals surface area contributed by atoms with Crippen LogP contribution in [0.4, 0.5) is 5.69 Å². The topological polar surface area (TPSA) is 91.8 Å². The highest BCUT2D eigenvalue weighted by atomic mass is 32.2. The maximum Gasteiger partial charge on any atom is 0.277 e. The van der Waals surface area contributed by atoms with Gasteiger partial charge in [0.25, 0.3) is 5.22 Å². The first-order valence-electron chi connectivity index (χ1n) is 9.89. The molecule has 4 fully saturated rings. The average molecular weight is 395 g/mol. The van der Waals surface area contributed by atoms with E-state index in [1.807, 2.05) is 0 Å². The number of nitrogens with zero attached hydrogens (tertiary/aromatic N) is 3. The molecule has 1 aromatic carbocycles. The molecule has 4 bridgehead atoms. The van der Waals surface area contributed by atoms with E-state index in [0.29, 0.717) is 16.5 Å². The number of carbonyl (C=O) groups excluding carboxylic acids is 1. The van der Waals surface area contributed by atoms with E-state index in [1.165, 1.54) is 50.3 Å². The van der Waals surface area contributed by atoms with E-state index in [2.05, 4.69) is 21.6 Å². The lowest BCUT2D eigenvalue weighted by molar-refractivity contribution is -0.113. The number of amides is 1. The van der Waals surface area contributed by atoms with Gasteiger partial charge in [-0.3, -0.25) is 4.79 Å². The molecule has 6 nitrogen and oxygen atoms in total. The number of aromatic nitrogens is 2. The molecule has 1 aromatic heterocycles. The van der Waals surface area contributed by atoms with Gasteiger partial charge in [0.15, 0.2) is 0 Å². The highest BCUT2D eigenvalue weighted by molar-refractivity contribution is 7.99. The fourth-order valence-corrected chi connectivity index (χ4v) is 6.37. The lowest BCUT2D eigenvalue weighted by atomic mass is 9.49. The van der Waals surface area contributed by atoms with E-state index in [9.17, 15) is 4.79 Å². The number of rotatable bonds is 5. The number of hydrogen-bond donors (Lipinski definition) is 1. The Labute approximate surface area is 168 Å². The van der Waals surface area contributed by atoms with Crippen molar-refractivity contribution in [1.29, 1.82) is 5.26 Å². The van der Waals surface area contributed by atoms with Gasteiger partial charge >= 0.3 is 0 Å². The third kappa shape index (κ3) is 3.30. The van der Waals surface area contributed by atoms with Gasteiger partial charge in [-0.25, -0.2) is 0 Å². The molecule has 0 aliphatic heterocycles. The van der Waals surface area contributed by atoms with Crippen LogP contribution in [0.2, 0.25) is 0 Å². The molecule has 0 unspecified atom stereocenters. The molecule has 0 atom stereocenters. The first kappa shape index (κ1) is 17.7. The van der Waals surface area contributed by atoms with Crippen molar-refractivity contribution in [1.82, 2.24) is 10.2 Å². The summed E-state index contributed by atoms with van der Waals surface area (Å²) < 4.78 is 6.02. The summed E-state index contributed by atoms with van der Waals surface area (Å²) in [4.78, 5) is 12.2. The molecule has 4 aliphatic rings. The summed E-state index contributed by atoms with van der Waals surface area (Å²) in [5.74, 6) is 3.35. The molecule has 7 heteroatoms. The Kier molecular flexibility index (Phi) is 4.39. The number of thioether (sulfide) groups is 1. The fourth-order valence-electron chi connectivity index (χ4n) is 5.81. The van der Waals surface area contributed by atoms with Crippen LogP contribution in [0, 0.1) is 29.1 Å². The van der Waals surface area contributed by atoms with Crippen LogP contribution >= 0.6 is 11.8 Å². The van der Waals surface area contributed by atoms with Crippen LogP contribution < -0.4 is 5.32 Å². The molecule has 0 spiro atoms. The standard InChI is InChI=1S/C21H22N4O2S/c22-11-13-1-3-17(4-2-13)23-18(26)12-28-20-25-24-19(27-20)21-8-14-5-15(9-21)7-16(6-14)10-21/h1-4,14-16H,5-10,12H2,(H,23,26). The molecule has 1 N–H and O–H groups in total. The second kappa shape index (κ2) is 6.93. The van der Waals surface area contributed by atoms with Crippen LogP contribution in [0.3, 0.4) is 0 Å². The van der Waals surface area contributed by atoms with Crippen LogP contribution in [0.5, 0.6) is 0 Å². The van der Waals surface area contributed by atoms with Gasteiger partial charge in [0.2, 0.25) is 11.8 Å². The van der Waals surface area contributed by atoms with Crippen molar-refractivity contribution in [2.75, 3.05) is 11.1 Å². The van der Waals surface area contributed by atoms with Gasteiger partial charge in [0, 0.05) is 11.1 Å². The van der Waals surface area contributed by atoms with Crippen molar-refractivity contribution in [3.05, 3.63) is 35.7 Å². The van der Waals surface area contributed by atoms with E-state index >= 15 is 0 Å². The molecule has 4 saturated carbocycles. The van der Waals surface area contributed by atoms with Crippen molar-refractivity contribution >= 4 is 23.4 Å². The van der Waals surface area contributed by atoms with Gasteiger partial charge in [0.05, 0.1) is 17.4 Å². The first-order valence-corrected chi connectivity index (χ1v) is 10.9. The average Bonchev–Trinajstić information content (AvgIpc) is 3.16. The third-order valence-corrected chi connectivity index (χ3v) is 7.34. The van der Waals surface area contributed by atoms with E-state index in [0.717, 1.165) is 23.6 Å². The van der Waals surface area contributed by atoms with E-state index < -0.39 is 0 Å². The molecular formula is C21H22N4O2S. The molecule has 0 saturated heterocycles. The second-order valence-corrected chi connectivity index (χ2v) is 9.52. The van der Waals surface area contributed by atoms with Gasteiger partial charge < -0.3 is 9.73 Å². The van der Waals surface area contributed by atoms with Crippen LogP contribution in [0.25, 0.3) is 0 Å². The second-order valence-electron chi connectivity index (χ2n) is 8.60. The zero-order valence-electron chi connectivity index (χ0n) is 15.6. The summed E-state index contributed by atoms with van der Waals surface area (Å²) in [6.07, 6.45) is 7.69. The number of hydrogen-bond acceptors (Lipinski definition) is 6. The number of nitriles is 1. The quantitative estimate of drug-likeness (QED) is 0.766. The minimum atomic E-state index is -0.135. The SMILES string of the molecule is N#Cc1ccc(NC(=O)CSc2nnc(C34CC5CC(CC(C5)C3)C4)o2)cc1. The summed E-state index contributed by atoms with van der Waals surface area (Å²) in [6, 6.07) is 8.86. The van der Waals surface area contributed by atoms with Gasteiger partial charge in [-0.15, -0.1) is 10.2 Å². The molecular weight excluding hydrogens is 372 g/mol. The van der Waals surface area contributed by atoms with E-state index in [1.54, 1.807) is 24.3 Å². The van der Waals surface area contributed by atoms with Crippen LogP contribution in [-0.4, -0.2) is 21.9 Å². The summed E-state index contributed by atoms with van der Waals surface area (Å²) in [5.41, 5.74) is 1.32. The Balaban J connectivity index is 1.20. The first-order chi connectivity index (χ1) is 13.6. The van der Waals surface area contributed by atoms with Gasteiger partial charge in [-0.1, -0.05) is 11.8 Å². The lowest BCUT2D eigenvalue weighted by Gasteiger charge is -2.55. The van der Waals surface area contributed by atoms with Gasteiger partial charge in [-0.2, -0.15) is 5.26 Å². The van der Waals surface area contributed by atoms with Gasteiger partial charge in [-0.05, 0) is 80.5 Å². The number of carbonyl (C=O) groups is 1. The zero-order chi connectivity index (χ0) is 19.1. The molecule has 1 heterocycles. The maximum absolute atomic E-state index is 12.2. The number of nitrogens with one attached hydrogen (secondary N) is 1. The summed E-state index contributed by atoms with van der Waals surface area (Å²) in [7, 11) is 0. The number of benzene rings is 1. The normalized spacial score (nSPS) is 30.2. The monoisotopic (exact) mass is 394 g/mol. The van der Waals surface area contributed by atoms with Crippen molar-refractivity contribution in [3.63, 3.8) is 0 Å². The van der Waals surface area contributed by atoms with Crippen molar-refractivity contribution in [3.8, 4) is 6.07 Å². The zero-order valence-corrected chi connectivity index (χ0v) is 16.4. The Bertz CT molecular complexity index is 895. The summed E-state index contributed by atoms with van der Waals surface area (Å²) >= 11 is 1.28. The minimum Gasteiger partial charge on any atom is -0.415 e. The van der Waals surface area contributed by atoms with Crippen molar-refractivity contribution < 1.29 is 9.21 Å². The Morgan fingerprint density at radius 1 is 1.14 bits per heavy atom. The fraction of sp³-hybridized carbons (Fsp3) is 0.524. The molecule has 0 radical (unpaired) electrons. The Hall–Kier alpha value is -2.33. The highest BCUT2D eigenvalue weighted by Crippen LogP contribution is 2.60. The summed E-state index contributed by atoms with van der Waals surface area (Å²) in [6.45, 7) is 0. The number of anilines is 1. The maximum atomic E-state index is 12.2. The van der Waals surface area contributed by atoms with Crippen LogP contribution in [0.15, 0.2) is 33.9 Å². The van der Waals surface area contributed by atoms with Crippen molar-refractivity contribution in [2.24, 2.45) is 17.8 Å². The molecule has 1 amide bonds. The third-order valence-electron chi connectivity index (χ3n) is 6.52.